The smallest absolute Gasteiger partial charge is 0.350 e. The van der Waals surface area contributed by atoms with Gasteiger partial charge in [0.25, 0.3) is 0 Å². The van der Waals surface area contributed by atoms with E-state index >= 15 is 0 Å². The summed E-state index contributed by atoms with van der Waals surface area (Å²) in [5.41, 5.74) is 2.38. The molecule has 10 heteroatoms. The lowest BCUT2D eigenvalue weighted by Gasteiger charge is -2.18. The zero-order valence-electron chi connectivity index (χ0n) is 19.9. The van der Waals surface area contributed by atoms with Crippen molar-refractivity contribution in [1.29, 1.82) is 0 Å². The van der Waals surface area contributed by atoms with Crippen LogP contribution in [0.15, 0.2) is 71.7 Å². The number of hydrogen-bond acceptors (Lipinski definition) is 6. The first-order valence-electron chi connectivity index (χ1n) is 11.4. The maximum atomic E-state index is 13.0. The van der Waals surface area contributed by atoms with Crippen LogP contribution >= 0.6 is 0 Å². The quantitative estimate of drug-likeness (QED) is 0.429. The van der Waals surface area contributed by atoms with Gasteiger partial charge in [-0.25, -0.2) is 9.48 Å². The predicted molar refractivity (Wildman–Crippen MR) is 134 cm³/mol. The highest BCUT2D eigenvalue weighted by molar-refractivity contribution is 6.03. The molecule has 0 bridgehead atoms. The molecule has 5 rings (SSSR count). The van der Waals surface area contributed by atoms with Gasteiger partial charge in [0.1, 0.15) is 0 Å². The van der Waals surface area contributed by atoms with Gasteiger partial charge in [0.05, 0.1) is 26.7 Å². The number of nitrogens with zero attached hydrogens (tertiary/aromatic N) is 4. The molecule has 1 aliphatic heterocycles. The Morgan fingerprint density at radius 1 is 1.03 bits per heavy atom. The topological polar surface area (TPSA) is 107 Å². The van der Waals surface area contributed by atoms with Crippen molar-refractivity contribution in [2.75, 3.05) is 31.0 Å². The van der Waals surface area contributed by atoms with Crippen LogP contribution < -0.4 is 25.4 Å². The number of aromatic nitrogens is 3. The molecular formula is C26H25N5O5. The molecule has 0 aliphatic carbocycles. The highest BCUT2D eigenvalue weighted by atomic mass is 16.5. The van der Waals surface area contributed by atoms with Crippen molar-refractivity contribution in [2.45, 2.75) is 13.0 Å². The number of anilines is 2. The second kappa shape index (κ2) is 9.57. The molecule has 1 aliphatic rings. The largest absolute Gasteiger partial charge is 0.493 e. The Hall–Kier alpha value is -4.60. The molecule has 3 heterocycles. The van der Waals surface area contributed by atoms with Gasteiger partial charge < -0.3 is 19.7 Å². The minimum Gasteiger partial charge on any atom is -0.493 e. The van der Waals surface area contributed by atoms with Crippen molar-refractivity contribution >= 4 is 28.8 Å². The van der Waals surface area contributed by atoms with Crippen molar-refractivity contribution < 1.29 is 19.1 Å². The number of pyridine rings is 1. The summed E-state index contributed by atoms with van der Waals surface area (Å²) < 4.78 is 13.5. The van der Waals surface area contributed by atoms with E-state index in [4.69, 9.17) is 9.47 Å². The maximum Gasteiger partial charge on any atom is 0.350 e. The standard InChI is InChI=1S/C26H25N5O5/c1-35-21-10-9-20(14-22(21)36-2)30-16-18(13-24(30)32)25(33)27-19-7-5-6-17(12-19)15-31-26(34)29-11-4-3-8-23(29)28-31/h3-12,14,18H,13,15-16H2,1-2H3,(H,27,33). The molecule has 36 heavy (non-hydrogen) atoms. The van der Waals surface area contributed by atoms with Crippen LogP contribution in [-0.4, -0.2) is 46.8 Å². The van der Waals surface area contributed by atoms with Crippen LogP contribution in [0, 0.1) is 5.92 Å². The van der Waals surface area contributed by atoms with Gasteiger partial charge in [-0.2, -0.15) is 0 Å². The molecule has 2 aromatic heterocycles. The predicted octanol–water partition coefficient (Wildman–Crippen LogP) is 2.55. The molecule has 1 saturated heterocycles. The van der Waals surface area contributed by atoms with Crippen LogP contribution in [0.1, 0.15) is 12.0 Å². The van der Waals surface area contributed by atoms with Crippen molar-refractivity contribution in [2.24, 2.45) is 5.92 Å². The number of benzene rings is 2. The van der Waals surface area contributed by atoms with Gasteiger partial charge in [-0.1, -0.05) is 18.2 Å². The number of fused-ring (bicyclic) bond motifs is 1. The molecule has 1 unspecified atom stereocenters. The molecular weight excluding hydrogens is 462 g/mol. The van der Waals surface area contributed by atoms with Crippen molar-refractivity contribution in [3.8, 4) is 11.5 Å². The van der Waals surface area contributed by atoms with Crippen molar-refractivity contribution in [3.63, 3.8) is 0 Å². The van der Waals surface area contributed by atoms with E-state index in [0.29, 0.717) is 28.5 Å². The Morgan fingerprint density at radius 2 is 1.86 bits per heavy atom. The fraction of sp³-hybridized carbons (Fsp3) is 0.231. The molecule has 184 valence electrons. The van der Waals surface area contributed by atoms with Gasteiger partial charge >= 0.3 is 5.69 Å². The van der Waals surface area contributed by atoms with E-state index in [1.54, 1.807) is 60.7 Å². The highest BCUT2D eigenvalue weighted by Gasteiger charge is 2.35. The SMILES string of the molecule is COc1ccc(N2CC(C(=O)Nc3cccc(Cn4nc5ccccn5c4=O)c3)CC2=O)cc1OC. The van der Waals surface area contributed by atoms with E-state index in [-0.39, 0.29) is 37.0 Å². The van der Waals surface area contributed by atoms with Gasteiger partial charge in [-0.15, -0.1) is 5.10 Å². The maximum absolute atomic E-state index is 13.0. The summed E-state index contributed by atoms with van der Waals surface area (Å²) in [4.78, 5) is 39.8. The van der Waals surface area contributed by atoms with Crippen LogP contribution in [0.25, 0.3) is 5.65 Å². The zero-order valence-corrected chi connectivity index (χ0v) is 19.9. The molecule has 10 nitrogen and oxygen atoms in total. The molecule has 1 N–H and O–H groups in total. The van der Waals surface area contributed by atoms with Crippen molar-refractivity contribution in [3.05, 3.63) is 82.9 Å². The average Bonchev–Trinajstić information content (AvgIpc) is 3.43. The van der Waals surface area contributed by atoms with Gasteiger partial charge in [-0.3, -0.25) is 14.0 Å². The summed E-state index contributed by atoms with van der Waals surface area (Å²) in [7, 11) is 3.08. The molecule has 1 atom stereocenters. The zero-order chi connectivity index (χ0) is 25.2. The molecule has 0 saturated carbocycles. The number of ether oxygens (including phenoxy) is 2. The fourth-order valence-electron chi connectivity index (χ4n) is 4.36. The number of rotatable bonds is 7. The highest BCUT2D eigenvalue weighted by Crippen LogP contribution is 2.34. The third-order valence-electron chi connectivity index (χ3n) is 6.19. The van der Waals surface area contributed by atoms with Crippen LogP contribution in [0.3, 0.4) is 0 Å². The Labute approximate surface area is 206 Å². The first kappa shape index (κ1) is 23.2. The van der Waals surface area contributed by atoms with Crippen LogP contribution in [0.4, 0.5) is 11.4 Å². The summed E-state index contributed by atoms with van der Waals surface area (Å²) in [5.74, 6) is 0.191. The van der Waals surface area contributed by atoms with Gasteiger partial charge in [0.15, 0.2) is 17.1 Å². The first-order valence-corrected chi connectivity index (χ1v) is 11.4. The Morgan fingerprint density at radius 3 is 2.64 bits per heavy atom. The fourth-order valence-corrected chi connectivity index (χ4v) is 4.36. The van der Waals surface area contributed by atoms with E-state index in [0.717, 1.165) is 5.56 Å². The Kier molecular flexibility index (Phi) is 6.16. The number of carbonyl (C=O) groups excluding carboxylic acids is 2. The van der Waals surface area contributed by atoms with E-state index < -0.39 is 5.92 Å². The lowest BCUT2D eigenvalue weighted by Crippen LogP contribution is -2.28. The second-order valence-electron chi connectivity index (χ2n) is 8.50. The van der Waals surface area contributed by atoms with Crippen LogP contribution in [-0.2, 0) is 16.1 Å². The lowest BCUT2D eigenvalue weighted by molar-refractivity contribution is -0.122. The monoisotopic (exact) mass is 487 g/mol. The van der Waals surface area contributed by atoms with Crippen LogP contribution in [0.5, 0.6) is 11.5 Å². The third kappa shape index (κ3) is 4.40. The number of carbonyl (C=O) groups is 2. The molecule has 1 fully saturated rings. The van der Waals surface area contributed by atoms with Gasteiger partial charge in [-0.05, 0) is 42.0 Å². The van der Waals surface area contributed by atoms with Gasteiger partial charge in [0, 0.05) is 36.6 Å². The van der Waals surface area contributed by atoms with E-state index in [9.17, 15) is 14.4 Å². The normalized spacial score (nSPS) is 15.3. The molecule has 4 aromatic rings. The summed E-state index contributed by atoms with van der Waals surface area (Å²) in [5, 5.41) is 7.26. The first-order chi connectivity index (χ1) is 17.5. The van der Waals surface area contributed by atoms with Crippen LogP contribution in [0.2, 0.25) is 0 Å². The third-order valence-corrected chi connectivity index (χ3v) is 6.19. The number of nitrogens with one attached hydrogen (secondary N) is 1. The Balaban J connectivity index is 1.28. The Bertz CT molecular complexity index is 1510. The van der Waals surface area contributed by atoms with E-state index in [1.165, 1.54) is 16.2 Å². The van der Waals surface area contributed by atoms with Gasteiger partial charge in [0.2, 0.25) is 11.8 Å². The minimum atomic E-state index is -0.504. The van der Waals surface area contributed by atoms with E-state index in [2.05, 4.69) is 10.4 Å². The van der Waals surface area contributed by atoms with Crippen molar-refractivity contribution in [1.82, 2.24) is 14.2 Å². The number of amides is 2. The lowest BCUT2D eigenvalue weighted by atomic mass is 10.1. The molecule has 2 aromatic carbocycles. The minimum absolute atomic E-state index is 0.108. The number of hydrogen-bond donors (Lipinski definition) is 1. The number of methoxy groups -OCH3 is 2. The summed E-state index contributed by atoms with van der Waals surface area (Å²) >= 11 is 0. The molecule has 0 spiro atoms. The molecule has 0 radical (unpaired) electrons. The van der Waals surface area contributed by atoms with E-state index in [1.807, 2.05) is 18.2 Å². The second-order valence-corrected chi connectivity index (χ2v) is 8.50. The summed E-state index contributed by atoms with van der Waals surface area (Å²) in [6.07, 6.45) is 1.78. The molecule has 2 amide bonds. The average molecular weight is 488 g/mol. The summed E-state index contributed by atoms with van der Waals surface area (Å²) in [6.45, 7) is 0.524. The summed E-state index contributed by atoms with van der Waals surface area (Å²) in [6, 6.07) is 17.8.